The lowest BCUT2D eigenvalue weighted by atomic mass is 9.99. The Kier molecular flexibility index (Phi) is 23.7. The average molecular weight is 1070 g/mol. The lowest BCUT2D eigenvalue weighted by Gasteiger charge is -2.27. The van der Waals surface area contributed by atoms with E-state index in [0.717, 1.165) is 16.5 Å². The molecule has 0 aliphatic heterocycles. The maximum Gasteiger partial charge on any atom is 0.252 e. The number of H-pyrrole nitrogens is 2. The number of unbranched alkanes of at least 4 members (excludes halogenated alkanes) is 1. The first-order chi connectivity index (χ1) is 37.3. The number of nitrogens with two attached hydrogens (primary N) is 1. The van der Waals surface area contributed by atoms with Gasteiger partial charge in [-0.05, 0) is 87.1 Å². The molecule has 5 aromatic rings. The van der Waals surface area contributed by atoms with E-state index in [1.54, 1.807) is 20.0 Å². The molecule has 22 nitrogen and oxygen atoms in total. The predicted octanol–water partition coefficient (Wildman–Crippen LogP) is 1.97. The minimum absolute atomic E-state index is 0.00748. The summed E-state index contributed by atoms with van der Waals surface area (Å²) < 4.78 is 0. The number of nitrogens with zero attached hydrogens (tertiary/aromatic N) is 2. The number of Topliss-reactive ketones (excluding diaryl/α,β-unsaturated/α-hetero) is 1. The van der Waals surface area contributed by atoms with Gasteiger partial charge >= 0.3 is 0 Å². The van der Waals surface area contributed by atoms with Gasteiger partial charge in [0.05, 0.1) is 18.9 Å². The molecule has 0 saturated heterocycles. The highest BCUT2D eigenvalue weighted by Gasteiger charge is 2.34. The standard InChI is InChI=1S/C56H75N13O9/c1-33(2)26-44(47(70)29-57)66-53(75)43(18-12-13-23-60-48(71)20-19-37-14-8-7-9-15-37)65-50(72)35(5)64-56(78)49(34(3)4)69-51(73)36(6)63-54(76)45(27-39-30-61-42-17-11-10-16-41(39)42)68-55(77)46(28-40-31-59-32-62-40)67-52(74)38-21-24-58-25-22-38/h7-11,14-17,21-22,24-25,30-36,43-46,49,61H,12-13,18-20,23,26-29,57H2,1-6H3,(H,59,62)(H,60,71)(H,63,76)(H,64,78)(H,65,72)(H,66,75)(H,67,74)(H,68,77)(H,69,73)/t35-,36+,43+,44+,45+,46+,49+/m1/s1. The zero-order chi connectivity index (χ0) is 56.7. The van der Waals surface area contributed by atoms with E-state index in [1.807, 2.05) is 68.4 Å². The highest BCUT2D eigenvalue weighted by atomic mass is 16.2. The molecule has 78 heavy (non-hydrogen) atoms. The smallest absolute Gasteiger partial charge is 0.252 e. The van der Waals surface area contributed by atoms with Crippen LogP contribution in [0.15, 0.2) is 97.8 Å². The maximum atomic E-state index is 14.3. The van der Waals surface area contributed by atoms with Crippen molar-refractivity contribution >= 4 is 63.9 Å². The molecule has 0 aliphatic carbocycles. The molecule has 3 heterocycles. The number of carbonyl (C=O) groups excluding carboxylic acids is 9. The SMILES string of the molecule is CC(C)C[C@H](NC(=O)[C@H](CCCCNC(=O)CCc1ccccc1)NC(=O)[C@@H](C)NC(=O)[C@@H](NC(=O)[C@H](C)NC(=O)[C@H](Cc1c[nH]c2ccccc12)NC(=O)[C@H](Cc1cnc[nH]1)NC(=O)c1ccncc1)C(C)C)C(=O)CN. The first-order valence-corrected chi connectivity index (χ1v) is 26.4. The van der Waals surface area contributed by atoms with Gasteiger partial charge < -0.3 is 58.2 Å². The number of amides is 8. The summed E-state index contributed by atoms with van der Waals surface area (Å²) in [5.41, 5.74) is 8.98. The topological polar surface area (TPSA) is 333 Å². The molecule has 0 spiro atoms. The van der Waals surface area contributed by atoms with Crippen molar-refractivity contribution in [1.82, 2.24) is 62.5 Å². The zero-order valence-corrected chi connectivity index (χ0v) is 45.2. The molecule has 3 aromatic heterocycles. The molecule has 2 aromatic carbocycles. The van der Waals surface area contributed by atoms with Gasteiger partial charge in [0.2, 0.25) is 41.4 Å². The summed E-state index contributed by atoms with van der Waals surface area (Å²) in [5, 5.41) is 22.7. The van der Waals surface area contributed by atoms with E-state index in [1.165, 1.54) is 50.9 Å². The molecule has 7 atom stereocenters. The molecule has 418 valence electrons. The van der Waals surface area contributed by atoms with E-state index >= 15 is 0 Å². The Balaban J connectivity index is 1.23. The molecule has 5 rings (SSSR count). The van der Waals surface area contributed by atoms with E-state index < -0.39 is 89.6 Å². The Morgan fingerprint density at radius 1 is 0.603 bits per heavy atom. The molecule has 12 N–H and O–H groups in total. The van der Waals surface area contributed by atoms with Crippen molar-refractivity contribution in [3.63, 3.8) is 0 Å². The van der Waals surface area contributed by atoms with E-state index in [0.29, 0.717) is 49.9 Å². The molecular weight excluding hydrogens is 999 g/mol. The van der Waals surface area contributed by atoms with E-state index in [2.05, 4.69) is 62.5 Å². The second-order valence-corrected chi connectivity index (χ2v) is 20.1. The largest absolute Gasteiger partial charge is 0.361 e. The molecule has 22 heteroatoms. The molecule has 0 bridgehead atoms. The molecule has 0 unspecified atom stereocenters. The zero-order valence-electron chi connectivity index (χ0n) is 45.2. The van der Waals surface area contributed by atoms with Gasteiger partial charge in [-0.15, -0.1) is 0 Å². The number of fused-ring (bicyclic) bond motifs is 1. The summed E-state index contributed by atoms with van der Waals surface area (Å²) in [6.07, 6.45) is 9.74. The second-order valence-electron chi connectivity index (χ2n) is 20.1. The number of para-hydroxylation sites is 1. The quantitative estimate of drug-likeness (QED) is 0.0284. The third kappa shape index (κ3) is 19.1. The van der Waals surface area contributed by atoms with Gasteiger partial charge in [0.15, 0.2) is 5.78 Å². The number of hydrogen-bond donors (Lipinski definition) is 11. The minimum atomic E-state index is -1.28. The molecule has 0 saturated carbocycles. The fourth-order valence-corrected chi connectivity index (χ4v) is 8.55. The summed E-state index contributed by atoms with van der Waals surface area (Å²) in [6, 6.07) is 11.9. The first-order valence-electron chi connectivity index (χ1n) is 26.4. The van der Waals surface area contributed by atoms with E-state index in [-0.39, 0.29) is 49.0 Å². The summed E-state index contributed by atoms with van der Waals surface area (Å²) in [7, 11) is 0. The summed E-state index contributed by atoms with van der Waals surface area (Å²) in [5.74, 6) is -5.78. The highest BCUT2D eigenvalue weighted by Crippen LogP contribution is 2.20. The van der Waals surface area contributed by atoms with E-state index in [4.69, 9.17) is 5.73 Å². The van der Waals surface area contributed by atoms with Crippen molar-refractivity contribution in [1.29, 1.82) is 0 Å². The van der Waals surface area contributed by atoms with Crippen molar-refractivity contribution in [3.8, 4) is 0 Å². The third-order valence-corrected chi connectivity index (χ3v) is 13.0. The van der Waals surface area contributed by atoms with Gasteiger partial charge in [0.25, 0.3) is 5.91 Å². The Morgan fingerprint density at radius 3 is 1.88 bits per heavy atom. The maximum absolute atomic E-state index is 14.3. The number of imidazole rings is 1. The first kappa shape index (κ1) is 60.6. The van der Waals surface area contributed by atoms with Crippen molar-refractivity contribution in [3.05, 3.63) is 120 Å². The number of ketones is 1. The number of hydrogen-bond acceptors (Lipinski definition) is 12. The van der Waals surface area contributed by atoms with Crippen LogP contribution >= 0.6 is 0 Å². The summed E-state index contributed by atoms with van der Waals surface area (Å²) in [6.45, 7) is 10.0. The molecule has 8 amide bonds. The monoisotopic (exact) mass is 1070 g/mol. The molecular formula is C56H75N13O9. The number of pyridine rings is 1. The van der Waals surface area contributed by atoms with Crippen molar-refractivity contribution in [2.75, 3.05) is 13.1 Å². The van der Waals surface area contributed by atoms with Gasteiger partial charge in [-0.25, -0.2) is 4.98 Å². The molecule has 0 aliphatic rings. The highest BCUT2D eigenvalue weighted by molar-refractivity contribution is 6.00. The Hall–Kier alpha value is -8.27. The number of aryl methyl sites for hydroxylation is 1. The Bertz CT molecular complexity index is 2790. The Morgan fingerprint density at radius 2 is 1.22 bits per heavy atom. The summed E-state index contributed by atoms with van der Waals surface area (Å²) >= 11 is 0. The third-order valence-electron chi connectivity index (χ3n) is 13.0. The number of benzene rings is 2. The lowest BCUT2D eigenvalue weighted by molar-refractivity contribution is -0.135. The lowest BCUT2D eigenvalue weighted by Crippen LogP contribution is -2.60. The van der Waals surface area contributed by atoms with Crippen LogP contribution in [0.1, 0.15) is 101 Å². The van der Waals surface area contributed by atoms with Crippen molar-refractivity contribution < 1.29 is 43.2 Å². The van der Waals surface area contributed by atoms with Gasteiger partial charge in [0.1, 0.15) is 36.3 Å². The van der Waals surface area contributed by atoms with Crippen LogP contribution in [-0.2, 0) is 57.6 Å². The fourth-order valence-electron chi connectivity index (χ4n) is 8.55. The Labute approximate surface area is 454 Å². The summed E-state index contributed by atoms with van der Waals surface area (Å²) in [4.78, 5) is 136. The molecule has 0 fully saturated rings. The molecule has 0 radical (unpaired) electrons. The van der Waals surface area contributed by atoms with Crippen LogP contribution in [0, 0.1) is 11.8 Å². The fraction of sp³-hybridized carbons (Fsp3) is 0.446. The van der Waals surface area contributed by atoms with Gasteiger partial charge in [-0.2, -0.15) is 0 Å². The van der Waals surface area contributed by atoms with Crippen LogP contribution in [0.4, 0.5) is 0 Å². The minimum Gasteiger partial charge on any atom is -0.361 e. The van der Waals surface area contributed by atoms with Crippen LogP contribution in [0.25, 0.3) is 10.9 Å². The second kappa shape index (κ2) is 30.5. The van der Waals surface area contributed by atoms with Crippen LogP contribution in [0.3, 0.4) is 0 Å². The number of aromatic nitrogens is 4. The average Bonchev–Trinajstić information content (AvgIpc) is 4.10. The van der Waals surface area contributed by atoms with Gasteiger partial charge in [-0.3, -0.25) is 48.1 Å². The number of aromatic amines is 2. The number of nitrogens with one attached hydrogen (secondary N) is 10. The van der Waals surface area contributed by atoms with Crippen molar-refractivity contribution in [2.45, 2.75) is 135 Å². The normalized spacial score (nSPS) is 13.9. The van der Waals surface area contributed by atoms with Crippen LogP contribution in [-0.4, -0.2) is 128 Å². The van der Waals surface area contributed by atoms with Gasteiger partial charge in [-0.1, -0.05) is 76.2 Å². The number of carbonyl (C=O) groups is 9. The van der Waals surface area contributed by atoms with E-state index in [9.17, 15) is 43.2 Å². The van der Waals surface area contributed by atoms with Crippen LogP contribution in [0.5, 0.6) is 0 Å². The van der Waals surface area contributed by atoms with Crippen molar-refractivity contribution in [2.24, 2.45) is 17.6 Å². The predicted molar refractivity (Wildman–Crippen MR) is 293 cm³/mol. The van der Waals surface area contributed by atoms with Crippen LogP contribution in [0.2, 0.25) is 0 Å². The van der Waals surface area contributed by atoms with Gasteiger partial charge in [0, 0.05) is 72.8 Å². The number of rotatable bonds is 31. The van der Waals surface area contributed by atoms with Crippen LogP contribution < -0.4 is 48.3 Å².